The number of carbonyl (C=O) groups excluding carboxylic acids is 3. The number of Topliss-reactive ketones (excluding diaryl/α,β-unsaturated/α-hetero) is 1. The Bertz CT molecular complexity index is 900. The average Bonchev–Trinajstić information content (AvgIpc) is 2.93. The number of amides is 3. The van der Waals surface area contributed by atoms with E-state index in [1.165, 1.54) is 19.2 Å². The Morgan fingerprint density at radius 2 is 1.89 bits per heavy atom. The van der Waals surface area contributed by atoms with E-state index < -0.39 is 35.6 Å². The van der Waals surface area contributed by atoms with E-state index in [9.17, 15) is 18.8 Å². The highest BCUT2D eigenvalue weighted by Gasteiger charge is 2.51. The Labute approximate surface area is 155 Å². The van der Waals surface area contributed by atoms with Gasteiger partial charge < -0.3 is 10.1 Å². The fourth-order valence-electron chi connectivity index (χ4n) is 3.26. The van der Waals surface area contributed by atoms with Crippen LogP contribution in [-0.4, -0.2) is 36.3 Å². The topological polar surface area (TPSA) is 75.7 Å². The second-order valence-corrected chi connectivity index (χ2v) is 6.21. The van der Waals surface area contributed by atoms with Crippen molar-refractivity contribution in [1.29, 1.82) is 0 Å². The summed E-state index contributed by atoms with van der Waals surface area (Å²) in [6, 6.07) is 11.7. The van der Waals surface area contributed by atoms with Gasteiger partial charge >= 0.3 is 6.03 Å². The lowest BCUT2D eigenvalue weighted by molar-refractivity contribution is -0.131. The summed E-state index contributed by atoms with van der Waals surface area (Å²) < 4.78 is 18.6. The number of nitrogens with zero attached hydrogens (tertiary/aromatic N) is 1. The van der Waals surface area contributed by atoms with Crippen molar-refractivity contribution in [2.45, 2.75) is 18.9 Å². The number of imide groups is 1. The second kappa shape index (κ2) is 7.19. The quantitative estimate of drug-likeness (QED) is 0.627. The molecule has 1 aliphatic heterocycles. The minimum atomic E-state index is -1.22. The largest absolute Gasteiger partial charge is 0.496 e. The number of hydrogen-bond acceptors (Lipinski definition) is 4. The van der Waals surface area contributed by atoms with E-state index >= 15 is 0 Å². The summed E-state index contributed by atoms with van der Waals surface area (Å²) in [5, 5.41) is 2.71. The summed E-state index contributed by atoms with van der Waals surface area (Å²) in [5.74, 6) is -1.53. The summed E-state index contributed by atoms with van der Waals surface area (Å²) in [6.45, 7) is 1.28. The maximum absolute atomic E-state index is 13.5. The fraction of sp³-hybridized carbons (Fsp3) is 0.250. The highest BCUT2D eigenvalue weighted by molar-refractivity contribution is 6.11. The molecule has 1 atom stereocenters. The van der Waals surface area contributed by atoms with E-state index in [1.807, 2.05) is 6.07 Å². The third-order valence-corrected chi connectivity index (χ3v) is 4.74. The average molecular weight is 370 g/mol. The molecule has 0 saturated carbocycles. The number of halogens is 1. The van der Waals surface area contributed by atoms with Gasteiger partial charge in [-0.25, -0.2) is 9.18 Å². The molecule has 3 amide bonds. The number of ketones is 1. The predicted molar refractivity (Wildman–Crippen MR) is 95.9 cm³/mol. The second-order valence-electron chi connectivity index (χ2n) is 6.21. The number of nitrogens with one attached hydrogen (secondary N) is 1. The molecule has 1 heterocycles. The summed E-state index contributed by atoms with van der Waals surface area (Å²) in [4.78, 5) is 39.0. The van der Waals surface area contributed by atoms with Crippen LogP contribution in [0.4, 0.5) is 9.18 Å². The van der Waals surface area contributed by atoms with Crippen LogP contribution < -0.4 is 10.1 Å². The molecule has 1 N–H and O–H groups in total. The first-order chi connectivity index (χ1) is 12.9. The fourth-order valence-corrected chi connectivity index (χ4v) is 3.26. The lowest BCUT2D eigenvalue weighted by atomic mass is 9.87. The van der Waals surface area contributed by atoms with Crippen LogP contribution in [0.25, 0.3) is 0 Å². The van der Waals surface area contributed by atoms with Crippen LogP contribution in [0.15, 0.2) is 48.5 Å². The number of ether oxygens (including phenoxy) is 1. The molecule has 27 heavy (non-hydrogen) atoms. The first-order valence-corrected chi connectivity index (χ1v) is 8.49. The van der Waals surface area contributed by atoms with Gasteiger partial charge in [-0.3, -0.25) is 14.5 Å². The van der Waals surface area contributed by atoms with Crippen molar-refractivity contribution in [2.24, 2.45) is 0 Å². The van der Waals surface area contributed by atoms with E-state index in [0.29, 0.717) is 12.0 Å². The van der Waals surface area contributed by atoms with Crippen molar-refractivity contribution in [1.82, 2.24) is 10.2 Å². The summed E-state index contributed by atoms with van der Waals surface area (Å²) >= 11 is 0. The molecule has 140 valence electrons. The molecule has 1 aliphatic rings. The molecule has 6 nitrogen and oxygen atoms in total. The minimum absolute atomic E-state index is 0.0215. The maximum atomic E-state index is 13.5. The summed E-state index contributed by atoms with van der Waals surface area (Å²) in [6.07, 6.45) is 0.329. The van der Waals surface area contributed by atoms with Crippen LogP contribution in [0.5, 0.6) is 5.75 Å². The highest BCUT2D eigenvalue weighted by Crippen LogP contribution is 2.32. The number of carbonyl (C=O) groups is 3. The molecule has 0 radical (unpaired) electrons. The van der Waals surface area contributed by atoms with Gasteiger partial charge in [-0.15, -0.1) is 0 Å². The van der Waals surface area contributed by atoms with E-state index in [2.05, 4.69) is 5.32 Å². The monoisotopic (exact) mass is 370 g/mol. The zero-order chi connectivity index (χ0) is 19.6. The number of benzene rings is 2. The van der Waals surface area contributed by atoms with E-state index in [0.717, 1.165) is 11.0 Å². The molecule has 2 aromatic carbocycles. The molecule has 1 fully saturated rings. The Hall–Kier alpha value is -3.22. The van der Waals surface area contributed by atoms with Gasteiger partial charge in [0.25, 0.3) is 5.91 Å². The predicted octanol–water partition coefficient (Wildman–Crippen LogP) is 2.87. The number of hydrogen-bond donors (Lipinski definition) is 1. The van der Waals surface area contributed by atoms with Crippen LogP contribution in [0.3, 0.4) is 0 Å². The standard InChI is InChI=1S/C20H19FN2O4/c1-3-20(13-7-5-4-6-8-13)18(25)23(19(26)22-20)12-16(24)15-11-14(21)9-10-17(15)27-2/h4-11H,3,12H2,1-2H3,(H,22,26). The molecule has 0 aromatic heterocycles. The molecule has 0 aliphatic carbocycles. The molecular weight excluding hydrogens is 351 g/mol. The Kier molecular flexibility index (Phi) is 4.94. The van der Waals surface area contributed by atoms with Crippen LogP contribution in [-0.2, 0) is 10.3 Å². The third-order valence-electron chi connectivity index (χ3n) is 4.74. The van der Waals surface area contributed by atoms with Crippen LogP contribution in [0, 0.1) is 5.82 Å². The van der Waals surface area contributed by atoms with Gasteiger partial charge in [-0.1, -0.05) is 37.3 Å². The lowest BCUT2D eigenvalue weighted by Crippen LogP contribution is -2.43. The maximum Gasteiger partial charge on any atom is 0.325 e. The molecule has 2 aromatic rings. The zero-order valence-electron chi connectivity index (χ0n) is 15.0. The van der Waals surface area contributed by atoms with Gasteiger partial charge in [0.05, 0.1) is 19.2 Å². The van der Waals surface area contributed by atoms with Crippen LogP contribution in [0.2, 0.25) is 0 Å². The summed E-state index contributed by atoms with van der Waals surface area (Å²) in [5.41, 5.74) is -0.596. The van der Waals surface area contributed by atoms with Crippen molar-refractivity contribution in [3.8, 4) is 5.75 Å². The van der Waals surface area contributed by atoms with E-state index in [4.69, 9.17) is 4.74 Å². The van der Waals surface area contributed by atoms with Gasteiger partial charge in [0.15, 0.2) is 5.78 Å². The zero-order valence-corrected chi connectivity index (χ0v) is 15.0. The third kappa shape index (κ3) is 3.16. The molecule has 1 unspecified atom stereocenters. The smallest absolute Gasteiger partial charge is 0.325 e. The highest BCUT2D eigenvalue weighted by atomic mass is 19.1. The molecule has 0 spiro atoms. The first kappa shape index (κ1) is 18.6. The number of rotatable bonds is 6. The van der Waals surface area contributed by atoms with Crippen molar-refractivity contribution in [3.05, 3.63) is 65.5 Å². The number of urea groups is 1. The summed E-state index contributed by atoms with van der Waals surface area (Å²) in [7, 11) is 1.36. The van der Waals surface area contributed by atoms with E-state index in [1.54, 1.807) is 31.2 Å². The Morgan fingerprint density at radius 1 is 1.19 bits per heavy atom. The van der Waals surface area contributed by atoms with Crippen molar-refractivity contribution in [2.75, 3.05) is 13.7 Å². The van der Waals surface area contributed by atoms with Gasteiger partial charge in [0.2, 0.25) is 0 Å². The number of methoxy groups -OCH3 is 1. The van der Waals surface area contributed by atoms with Crippen LogP contribution in [0.1, 0.15) is 29.3 Å². The lowest BCUT2D eigenvalue weighted by Gasteiger charge is -2.25. The Morgan fingerprint density at radius 3 is 2.52 bits per heavy atom. The molecular formula is C20H19FN2O4. The van der Waals surface area contributed by atoms with Crippen molar-refractivity contribution < 1.29 is 23.5 Å². The van der Waals surface area contributed by atoms with Crippen LogP contribution >= 0.6 is 0 Å². The molecule has 1 saturated heterocycles. The van der Waals surface area contributed by atoms with Gasteiger partial charge in [-0.05, 0) is 30.2 Å². The molecule has 0 bridgehead atoms. The minimum Gasteiger partial charge on any atom is -0.496 e. The van der Waals surface area contributed by atoms with Crippen molar-refractivity contribution >= 4 is 17.7 Å². The Balaban J connectivity index is 1.90. The van der Waals surface area contributed by atoms with Gasteiger partial charge in [0.1, 0.15) is 17.1 Å². The first-order valence-electron chi connectivity index (χ1n) is 8.49. The van der Waals surface area contributed by atoms with Crippen molar-refractivity contribution in [3.63, 3.8) is 0 Å². The van der Waals surface area contributed by atoms with E-state index in [-0.39, 0.29) is 11.3 Å². The van der Waals surface area contributed by atoms with Gasteiger partial charge in [0, 0.05) is 0 Å². The SMILES string of the molecule is CCC1(c2ccccc2)NC(=O)N(CC(=O)c2cc(F)ccc2OC)C1=O. The molecule has 7 heteroatoms. The van der Waals surface area contributed by atoms with Gasteiger partial charge in [-0.2, -0.15) is 0 Å². The molecule has 3 rings (SSSR count). The normalized spacial score (nSPS) is 19.1.